The van der Waals surface area contributed by atoms with Gasteiger partial charge in [0.05, 0.1) is 11.9 Å². The Labute approximate surface area is 83.6 Å². The van der Waals surface area contributed by atoms with Crippen molar-refractivity contribution in [1.29, 1.82) is 0 Å². The number of benzene rings is 1. The predicted octanol–water partition coefficient (Wildman–Crippen LogP) is 2.09. The second-order valence-electron chi connectivity index (χ2n) is 2.72. The maximum absolute atomic E-state index is 11.6. The van der Waals surface area contributed by atoms with E-state index >= 15 is 0 Å². The molecule has 0 bridgehead atoms. The molecule has 1 N–H and O–H groups in total. The van der Waals surface area contributed by atoms with Crippen molar-refractivity contribution in [1.82, 2.24) is 0 Å². The number of hydrogen-bond donors (Lipinski definition) is 1. The molecule has 1 unspecified atom stereocenters. The maximum Gasteiger partial charge on any atom is 0.359 e. The third-order valence-corrected chi connectivity index (χ3v) is 3.11. The average Bonchev–Trinajstić information content (AvgIpc) is 2.19. The molecule has 0 aliphatic carbocycles. The van der Waals surface area contributed by atoms with Crippen LogP contribution in [0.5, 0.6) is 0 Å². The van der Waals surface area contributed by atoms with Gasteiger partial charge in [-0.05, 0) is 19.1 Å². The largest absolute Gasteiger partial charge is 0.359 e. The summed E-state index contributed by atoms with van der Waals surface area (Å²) >= 11 is 0. The van der Waals surface area contributed by atoms with Gasteiger partial charge in [-0.15, -0.1) is 0 Å². The molecule has 0 radical (unpaired) electrons. The number of rotatable bonds is 4. The van der Waals surface area contributed by atoms with Crippen LogP contribution >= 0.6 is 7.60 Å². The Bertz CT molecular complexity index is 346. The minimum absolute atomic E-state index is 0.152. The summed E-state index contributed by atoms with van der Waals surface area (Å²) in [4.78, 5) is 9.51. The normalized spacial score (nSPS) is 15.6. The molecule has 0 fully saturated rings. The number of allylic oxidation sites excluding steroid dienone is 1. The van der Waals surface area contributed by atoms with Crippen LogP contribution < -0.4 is 5.30 Å². The number of hydrogen-bond acceptors (Lipinski definition) is 2. The topological polar surface area (TPSA) is 46.5 Å². The molecule has 1 aromatic rings. The summed E-state index contributed by atoms with van der Waals surface area (Å²) in [5, 5.41) is 0.324. The molecule has 3 nitrogen and oxygen atoms in total. The Hall–Kier alpha value is -0.890. The lowest BCUT2D eigenvalue weighted by molar-refractivity contribution is 0.298. The SMILES string of the molecule is CC=CCOP(=O)(O)c1ccccc1. The third kappa shape index (κ3) is 3.11. The quantitative estimate of drug-likeness (QED) is 0.614. The fourth-order valence-corrected chi connectivity index (χ4v) is 1.92. The summed E-state index contributed by atoms with van der Waals surface area (Å²) in [5.74, 6) is 0. The van der Waals surface area contributed by atoms with E-state index in [2.05, 4.69) is 0 Å². The Kier molecular flexibility index (Phi) is 4.08. The highest BCUT2D eigenvalue weighted by Gasteiger charge is 2.20. The lowest BCUT2D eigenvalue weighted by Gasteiger charge is -2.10. The van der Waals surface area contributed by atoms with Crippen LogP contribution in [0.15, 0.2) is 42.5 Å². The van der Waals surface area contributed by atoms with Gasteiger partial charge >= 0.3 is 7.60 Å². The molecule has 0 heterocycles. The van der Waals surface area contributed by atoms with E-state index in [-0.39, 0.29) is 6.61 Å². The first kappa shape index (κ1) is 11.2. The van der Waals surface area contributed by atoms with Gasteiger partial charge in [-0.3, -0.25) is 4.57 Å². The first-order valence-corrected chi connectivity index (χ1v) is 5.88. The van der Waals surface area contributed by atoms with Crippen LogP contribution in [0, 0.1) is 0 Å². The van der Waals surface area contributed by atoms with Gasteiger partial charge in [-0.1, -0.05) is 30.4 Å². The van der Waals surface area contributed by atoms with Crippen LogP contribution in [0.4, 0.5) is 0 Å². The smallest absolute Gasteiger partial charge is 0.321 e. The Morgan fingerprint density at radius 2 is 2.07 bits per heavy atom. The lowest BCUT2D eigenvalue weighted by Crippen LogP contribution is -2.06. The summed E-state index contributed by atoms with van der Waals surface area (Å²) in [6.07, 6.45) is 3.46. The molecule has 14 heavy (non-hydrogen) atoms. The van der Waals surface area contributed by atoms with Crippen molar-refractivity contribution in [3.8, 4) is 0 Å². The van der Waals surface area contributed by atoms with Crippen molar-refractivity contribution in [2.75, 3.05) is 6.61 Å². The van der Waals surface area contributed by atoms with E-state index in [1.165, 1.54) is 0 Å². The van der Waals surface area contributed by atoms with Gasteiger partial charge in [-0.2, -0.15) is 0 Å². The molecular weight excluding hydrogens is 199 g/mol. The molecule has 4 heteroatoms. The molecule has 76 valence electrons. The molecule has 0 spiro atoms. The van der Waals surface area contributed by atoms with Crippen molar-refractivity contribution in [2.24, 2.45) is 0 Å². The zero-order valence-electron chi connectivity index (χ0n) is 7.96. The van der Waals surface area contributed by atoms with Gasteiger partial charge in [0.1, 0.15) is 0 Å². The molecule has 1 aromatic carbocycles. The standard InChI is InChI=1S/C10H13O3P/c1-2-3-9-13-14(11,12)10-7-5-4-6-8-10/h2-8H,9H2,1H3,(H,11,12). The van der Waals surface area contributed by atoms with Crippen LogP contribution in [0.2, 0.25) is 0 Å². The Morgan fingerprint density at radius 1 is 1.43 bits per heavy atom. The predicted molar refractivity (Wildman–Crippen MR) is 56.7 cm³/mol. The van der Waals surface area contributed by atoms with Gasteiger partial charge in [0, 0.05) is 0 Å². The van der Waals surface area contributed by atoms with Gasteiger partial charge in [0.15, 0.2) is 0 Å². The van der Waals surface area contributed by atoms with Gasteiger partial charge < -0.3 is 9.42 Å². The molecule has 0 saturated carbocycles. The van der Waals surface area contributed by atoms with Crippen molar-refractivity contribution >= 4 is 12.9 Å². The molecule has 0 aliphatic heterocycles. The van der Waals surface area contributed by atoms with Crippen LogP contribution in [-0.4, -0.2) is 11.5 Å². The van der Waals surface area contributed by atoms with E-state index in [1.54, 1.807) is 42.5 Å². The molecular formula is C10H13O3P. The zero-order chi connectivity index (χ0) is 10.4. The van der Waals surface area contributed by atoms with Gasteiger partial charge in [0.25, 0.3) is 0 Å². The highest BCUT2D eigenvalue weighted by Crippen LogP contribution is 2.40. The molecule has 1 rings (SSSR count). The first-order valence-electron chi connectivity index (χ1n) is 4.31. The van der Waals surface area contributed by atoms with E-state index < -0.39 is 7.60 Å². The van der Waals surface area contributed by atoms with Crippen LogP contribution in [-0.2, 0) is 9.09 Å². The maximum atomic E-state index is 11.6. The van der Waals surface area contributed by atoms with E-state index in [0.717, 1.165) is 0 Å². The van der Waals surface area contributed by atoms with E-state index in [9.17, 15) is 9.46 Å². The summed E-state index contributed by atoms with van der Waals surface area (Å²) in [7, 11) is -3.63. The van der Waals surface area contributed by atoms with Gasteiger partial charge in [-0.25, -0.2) is 0 Å². The minimum Gasteiger partial charge on any atom is -0.321 e. The van der Waals surface area contributed by atoms with Gasteiger partial charge in [0.2, 0.25) is 0 Å². The van der Waals surface area contributed by atoms with Crippen LogP contribution in [0.3, 0.4) is 0 Å². The Balaban J connectivity index is 2.71. The van der Waals surface area contributed by atoms with E-state index in [4.69, 9.17) is 4.52 Å². The van der Waals surface area contributed by atoms with Crippen LogP contribution in [0.25, 0.3) is 0 Å². The molecule has 0 aliphatic rings. The van der Waals surface area contributed by atoms with Crippen LogP contribution in [0.1, 0.15) is 6.92 Å². The van der Waals surface area contributed by atoms with Crippen molar-refractivity contribution < 1.29 is 14.0 Å². The molecule has 1 atom stereocenters. The first-order chi connectivity index (χ1) is 6.67. The fraction of sp³-hybridized carbons (Fsp3) is 0.200. The fourth-order valence-electron chi connectivity index (χ4n) is 0.931. The van der Waals surface area contributed by atoms with Crippen molar-refractivity contribution in [2.45, 2.75) is 6.92 Å². The molecule has 0 saturated heterocycles. The monoisotopic (exact) mass is 212 g/mol. The van der Waals surface area contributed by atoms with E-state index in [1.807, 2.05) is 6.92 Å². The summed E-state index contributed by atoms with van der Waals surface area (Å²) in [6, 6.07) is 8.36. The molecule has 0 aromatic heterocycles. The lowest BCUT2D eigenvalue weighted by atomic mass is 10.4. The summed E-state index contributed by atoms with van der Waals surface area (Å²) in [5.41, 5.74) is 0. The second-order valence-corrected chi connectivity index (χ2v) is 4.54. The van der Waals surface area contributed by atoms with E-state index in [0.29, 0.717) is 5.30 Å². The summed E-state index contributed by atoms with van der Waals surface area (Å²) in [6.45, 7) is 1.98. The molecule has 0 amide bonds. The van der Waals surface area contributed by atoms with Crippen molar-refractivity contribution in [3.05, 3.63) is 42.5 Å². The Morgan fingerprint density at radius 3 is 2.64 bits per heavy atom. The zero-order valence-corrected chi connectivity index (χ0v) is 8.85. The second kappa shape index (κ2) is 5.11. The van der Waals surface area contributed by atoms with Crippen molar-refractivity contribution in [3.63, 3.8) is 0 Å². The third-order valence-electron chi connectivity index (χ3n) is 1.66. The highest BCUT2D eigenvalue weighted by molar-refractivity contribution is 7.61. The summed E-state index contributed by atoms with van der Waals surface area (Å²) < 4.78 is 16.5. The minimum atomic E-state index is -3.63. The average molecular weight is 212 g/mol. The highest BCUT2D eigenvalue weighted by atomic mass is 31.2.